The molecule has 0 aliphatic heterocycles. The number of rotatable bonds is 8. The minimum atomic E-state index is -0.412. The van der Waals surface area contributed by atoms with Crippen LogP contribution in [0.15, 0.2) is 36.4 Å². The van der Waals surface area contributed by atoms with Gasteiger partial charge in [0, 0.05) is 12.1 Å². The number of aromatic nitrogens is 1. The zero-order valence-corrected chi connectivity index (χ0v) is 16.0. The van der Waals surface area contributed by atoms with Crippen LogP contribution < -0.4 is 9.47 Å². The molecule has 0 N–H and O–H groups in total. The summed E-state index contributed by atoms with van der Waals surface area (Å²) in [6.45, 7) is 2.79. The summed E-state index contributed by atoms with van der Waals surface area (Å²) < 4.78 is 12.1. The number of hydrogen-bond donors (Lipinski definition) is 0. The lowest BCUT2D eigenvalue weighted by atomic mass is 10.2. The standard InChI is InChI=1S/C20H20N2O4S/c1-3-4-11-26-17-8-5-14(12-18(17)25-2)6-10-20-21-16-13-15(22(23)24)7-9-19(16)27-20/h5-10,12-13H,3-4,11H2,1-2H3/b10-6+. The molecular formula is C20H20N2O4S. The van der Waals surface area contributed by atoms with Gasteiger partial charge in [-0.15, -0.1) is 11.3 Å². The van der Waals surface area contributed by atoms with E-state index in [0.29, 0.717) is 17.9 Å². The van der Waals surface area contributed by atoms with E-state index in [4.69, 9.17) is 9.47 Å². The molecule has 0 aliphatic carbocycles. The summed E-state index contributed by atoms with van der Waals surface area (Å²) >= 11 is 1.49. The molecule has 0 bridgehead atoms. The lowest BCUT2D eigenvalue weighted by molar-refractivity contribution is -0.384. The van der Waals surface area contributed by atoms with Crippen molar-refractivity contribution in [2.24, 2.45) is 0 Å². The van der Waals surface area contributed by atoms with Crippen LogP contribution in [-0.4, -0.2) is 23.6 Å². The van der Waals surface area contributed by atoms with Gasteiger partial charge in [0.05, 0.1) is 28.9 Å². The highest BCUT2D eigenvalue weighted by molar-refractivity contribution is 7.19. The molecule has 1 aromatic heterocycles. The molecule has 0 saturated carbocycles. The number of non-ortho nitro benzene ring substituents is 1. The maximum Gasteiger partial charge on any atom is 0.271 e. The van der Waals surface area contributed by atoms with Crippen LogP contribution in [0.5, 0.6) is 11.5 Å². The van der Waals surface area contributed by atoms with Crippen molar-refractivity contribution in [2.45, 2.75) is 19.8 Å². The Morgan fingerprint density at radius 2 is 2.04 bits per heavy atom. The predicted octanol–water partition coefficient (Wildman–Crippen LogP) is 5.56. The average Bonchev–Trinajstić information content (AvgIpc) is 3.09. The zero-order valence-electron chi connectivity index (χ0n) is 15.2. The van der Waals surface area contributed by atoms with Crippen LogP contribution in [0.1, 0.15) is 30.3 Å². The van der Waals surface area contributed by atoms with Crippen LogP contribution in [0, 0.1) is 10.1 Å². The van der Waals surface area contributed by atoms with E-state index in [2.05, 4.69) is 11.9 Å². The summed E-state index contributed by atoms with van der Waals surface area (Å²) in [6.07, 6.45) is 5.91. The normalized spacial score (nSPS) is 11.2. The number of methoxy groups -OCH3 is 1. The summed E-state index contributed by atoms with van der Waals surface area (Å²) in [4.78, 5) is 14.9. The second-order valence-corrected chi connectivity index (χ2v) is 6.97. The Morgan fingerprint density at radius 3 is 2.78 bits per heavy atom. The molecule has 0 atom stereocenters. The summed E-state index contributed by atoms with van der Waals surface area (Å²) in [6, 6.07) is 10.5. The molecule has 3 aromatic rings. The van der Waals surface area contributed by atoms with Gasteiger partial charge in [0.2, 0.25) is 0 Å². The van der Waals surface area contributed by atoms with E-state index in [-0.39, 0.29) is 5.69 Å². The third-order valence-electron chi connectivity index (χ3n) is 3.96. The number of unbranched alkanes of at least 4 members (excludes halogenated alkanes) is 1. The van der Waals surface area contributed by atoms with Gasteiger partial charge in [0.1, 0.15) is 5.01 Å². The fourth-order valence-electron chi connectivity index (χ4n) is 2.52. The number of benzene rings is 2. The van der Waals surface area contributed by atoms with Crippen molar-refractivity contribution in [3.05, 3.63) is 57.1 Å². The van der Waals surface area contributed by atoms with E-state index in [0.717, 1.165) is 33.9 Å². The Labute approximate surface area is 161 Å². The van der Waals surface area contributed by atoms with Crippen molar-refractivity contribution in [3.8, 4) is 11.5 Å². The first kappa shape index (κ1) is 18.8. The molecule has 0 amide bonds. The summed E-state index contributed by atoms with van der Waals surface area (Å²) in [5.41, 5.74) is 1.64. The van der Waals surface area contributed by atoms with Gasteiger partial charge in [-0.3, -0.25) is 10.1 Å². The van der Waals surface area contributed by atoms with Gasteiger partial charge < -0.3 is 9.47 Å². The van der Waals surface area contributed by atoms with Crippen LogP contribution in [0.3, 0.4) is 0 Å². The van der Waals surface area contributed by atoms with Gasteiger partial charge in [-0.05, 0) is 36.3 Å². The lowest BCUT2D eigenvalue weighted by Gasteiger charge is -2.10. The number of nitro benzene ring substituents is 1. The number of fused-ring (bicyclic) bond motifs is 1. The molecule has 2 aromatic carbocycles. The first-order chi connectivity index (χ1) is 13.1. The van der Waals surface area contributed by atoms with E-state index in [1.54, 1.807) is 13.2 Å². The molecule has 0 unspecified atom stereocenters. The Morgan fingerprint density at radius 1 is 1.19 bits per heavy atom. The van der Waals surface area contributed by atoms with Crippen LogP contribution in [0.2, 0.25) is 0 Å². The Kier molecular flexibility index (Phi) is 6.03. The second-order valence-electron chi connectivity index (χ2n) is 5.91. The highest BCUT2D eigenvalue weighted by Gasteiger charge is 2.09. The third-order valence-corrected chi connectivity index (χ3v) is 4.96. The monoisotopic (exact) mass is 384 g/mol. The van der Waals surface area contributed by atoms with Gasteiger partial charge in [0.15, 0.2) is 11.5 Å². The van der Waals surface area contributed by atoms with Crippen LogP contribution >= 0.6 is 11.3 Å². The molecule has 7 heteroatoms. The first-order valence-electron chi connectivity index (χ1n) is 8.64. The van der Waals surface area contributed by atoms with Gasteiger partial charge >= 0.3 is 0 Å². The van der Waals surface area contributed by atoms with Crippen LogP contribution in [0.25, 0.3) is 22.4 Å². The van der Waals surface area contributed by atoms with Crippen molar-refractivity contribution in [2.75, 3.05) is 13.7 Å². The minimum absolute atomic E-state index is 0.0479. The summed E-state index contributed by atoms with van der Waals surface area (Å²) in [7, 11) is 1.62. The van der Waals surface area contributed by atoms with Crippen molar-refractivity contribution in [1.29, 1.82) is 0 Å². The predicted molar refractivity (Wildman–Crippen MR) is 109 cm³/mol. The average molecular weight is 384 g/mol. The lowest BCUT2D eigenvalue weighted by Crippen LogP contribution is -1.98. The van der Waals surface area contributed by atoms with Crippen molar-refractivity contribution in [1.82, 2.24) is 4.98 Å². The smallest absolute Gasteiger partial charge is 0.271 e. The molecule has 0 aliphatic rings. The fraction of sp³-hybridized carbons (Fsp3) is 0.250. The second kappa shape index (κ2) is 8.64. The topological polar surface area (TPSA) is 74.5 Å². The van der Waals surface area contributed by atoms with Crippen LogP contribution in [-0.2, 0) is 0 Å². The number of nitrogens with zero attached hydrogens (tertiary/aromatic N) is 2. The van der Waals surface area contributed by atoms with E-state index in [1.165, 1.54) is 23.5 Å². The maximum absolute atomic E-state index is 10.9. The van der Waals surface area contributed by atoms with Gasteiger partial charge in [-0.2, -0.15) is 0 Å². The summed E-state index contributed by atoms with van der Waals surface area (Å²) in [5, 5.41) is 11.7. The highest BCUT2D eigenvalue weighted by atomic mass is 32.1. The van der Waals surface area contributed by atoms with Crippen molar-refractivity contribution >= 4 is 39.4 Å². The number of nitro groups is 1. The van der Waals surface area contributed by atoms with Crippen molar-refractivity contribution in [3.63, 3.8) is 0 Å². The zero-order chi connectivity index (χ0) is 19.2. The van der Waals surface area contributed by atoms with Gasteiger partial charge in [-0.25, -0.2) is 4.98 Å². The molecule has 0 saturated heterocycles. The van der Waals surface area contributed by atoms with Gasteiger partial charge in [-0.1, -0.05) is 25.5 Å². The fourth-order valence-corrected chi connectivity index (χ4v) is 3.37. The molecule has 3 rings (SSSR count). The highest BCUT2D eigenvalue weighted by Crippen LogP contribution is 2.30. The molecule has 6 nitrogen and oxygen atoms in total. The Balaban J connectivity index is 1.78. The minimum Gasteiger partial charge on any atom is -0.493 e. The molecule has 140 valence electrons. The SMILES string of the molecule is CCCCOc1ccc(/C=C/c2nc3cc([N+](=O)[O-])ccc3s2)cc1OC. The Hall–Kier alpha value is -2.93. The molecule has 0 spiro atoms. The van der Waals surface area contributed by atoms with E-state index in [9.17, 15) is 10.1 Å². The number of ether oxygens (including phenoxy) is 2. The molecule has 1 heterocycles. The number of hydrogen-bond acceptors (Lipinski definition) is 6. The summed E-state index contributed by atoms with van der Waals surface area (Å²) in [5.74, 6) is 1.42. The third kappa shape index (κ3) is 4.62. The van der Waals surface area contributed by atoms with Gasteiger partial charge in [0.25, 0.3) is 5.69 Å². The van der Waals surface area contributed by atoms with E-state index < -0.39 is 4.92 Å². The number of thiazole rings is 1. The first-order valence-corrected chi connectivity index (χ1v) is 9.46. The molecule has 0 radical (unpaired) electrons. The van der Waals surface area contributed by atoms with Crippen molar-refractivity contribution < 1.29 is 14.4 Å². The molecular weight excluding hydrogens is 364 g/mol. The largest absolute Gasteiger partial charge is 0.493 e. The quantitative estimate of drug-likeness (QED) is 0.289. The van der Waals surface area contributed by atoms with E-state index >= 15 is 0 Å². The molecule has 27 heavy (non-hydrogen) atoms. The van der Waals surface area contributed by atoms with E-state index in [1.807, 2.05) is 30.4 Å². The van der Waals surface area contributed by atoms with Crippen LogP contribution in [0.4, 0.5) is 5.69 Å². The maximum atomic E-state index is 10.9. The molecule has 0 fully saturated rings. The Bertz CT molecular complexity index is 981.